The molecule has 0 fully saturated rings. The van der Waals surface area contributed by atoms with Gasteiger partial charge in [-0.05, 0) is 29.5 Å². The minimum Gasteiger partial charge on any atom is -0.122 e. The van der Waals surface area contributed by atoms with E-state index in [2.05, 4.69) is 20.8 Å². The fourth-order valence-electron chi connectivity index (χ4n) is 1.18. The van der Waals surface area contributed by atoms with E-state index in [0.717, 1.165) is 12.0 Å². The quantitative estimate of drug-likeness (QED) is 0.646. The van der Waals surface area contributed by atoms with Crippen molar-refractivity contribution in [3.8, 4) is 0 Å². The summed E-state index contributed by atoms with van der Waals surface area (Å²) in [6.07, 6.45) is 0.807. The normalized spacial score (nSPS) is 14.0. The van der Waals surface area contributed by atoms with Crippen LogP contribution in [0.15, 0.2) is 18.2 Å². The van der Waals surface area contributed by atoms with Gasteiger partial charge in [0.1, 0.15) is 0 Å². The van der Waals surface area contributed by atoms with Crippen LogP contribution in [0.5, 0.6) is 0 Å². The molecular weight excluding hydrogens is 250 g/mol. The van der Waals surface area contributed by atoms with E-state index >= 15 is 0 Å². The van der Waals surface area contributed by atoms with Crippen molar-refractivity contribution in [3.05, 3.63) is 33.8 Å². The number of alkyl halides is 1. The van der Waals surface area contributed by atoms with Gasteiger partial charge in [-0.15, -0.1) is 11.6 Å². The van der Waals surface area contributed by atoms with Gasteiger partial charge in [-0.3, -0.25) is 0 Å². The van der Waals surface area contributed by atoms with Gasteiger partial charge >= 0.3 is 0 Å². The minimum absolute atomic E-state index is 0.0909. The predicted octanol–water partition coefficient (Wildman–Crippen LogP) is 5.19. The molecule has 15 heavy (non-hydrogen) atoms. The molecule has 1 atom stereocenters. The molecule has 0 spiro atoms. The molecule has 0 radical (unpaired) electrons. The summed E-state index contributed by atoms with van der Waals surface area (Å²) in [4.78, 5) is 0. The second-order valence-corrected chi connectivity index (χ2v) is 6.13. The van der Waals surface area contributed by atoms with Gasteiger partial charge in [-0.25, -0.2) is 0 Å². The van der Waals surface area contributed by atoms with Gasteiger partial charge in [0.15, 0.2) is 0 Å². The van der Waals surface area contributed by atoms with Crippen molar-refractivity contribution >= 4 is 34.8 Å². The van der Waals surface area contributed by atoms with E-state index in [-0.39, 0.29) is 10.8 Å². The van der Waals surface area contributed by atoms with Crippen LogP contribution in [0, 0.1) is 5.41 Å². The highest BCUT2D eigenvalue weighted by Crippen LogP contribution is 2.29. The molecule has 0 bridgehead atoms. The van der Waals surface area contributed by atoms with Crippen molar-refractivity contribution in [3.63, 3.8) is 0 Å². The van der Waals surface area contributed by atoms with Gasteiger partial charge in [0.05, 0.1) is 10.0 Å². The Morgan fingerprint density at radius 2 is 1.73 bits per heavy atom. The van der Waals surface area contributed by atoms with Crippen LogP contribution in [0.3, 0.4) is 0 Å². The van der Waals surface area contributed by atoms with Gasteiger partial charge in [-0.1, -0.05) is 50.0 Å². The van der Waals surface area contributed by atoms with E-state index in [1.54, 1.807) is 0 Å². The average molecular weight is 266 g/mol. The third-order valence-electron chi connectivity index (χ3n) is 2.34. The third-order valence-corrected chi connectivity index (χ3v) is 3.89. The summed E-state index contributed by atoms with van der Waals surface area (Å²) in [5, 5.41) is 1.27. The van der Waals surface area contributed by atoms with Gasteiger partial charge in [0.25, 0.3) is 0 Å². The molecule has 3 heteroatoms. The van der Waals surface area contributed by atoms with Crippen molar-refractivity contribution in [1.29, 1.82) is 0 Å². The fourth-order valence-corrected chi connectivity index (χ4v) is 1.68. The molecule has 1 aromatic carbocycles. The summed E-state index contributed by atoms with van der Waals surface area (Å²) >= 11 is 18.1. The van der Waals surface area contributed by atoms with Gasteiger partial charge in [-0.2, -0.15) is 0 Å². The van der Waals surface area contributed by atoms with Gasteiger partial charge in [0, 0.05) is 5.38 Å². The lowest BCUT2D eigenvalue weighted by Gasteiger charge is -2.25. The SMILES string of the molecule is CC(C)(C)C(Cl)Cc1ccc(Cl)c(Cl)c1. The summed E-state index contributed by atoms with van der Waals surface area (Å²) in [6.45, 7) is 6.38. The molecule has 84 valence electrons. The van der Waals surface area contributed by atoms with Crippen molar-refractivity contribution in [2.24, 2.45) is 5.41 Å². The first-order valence-corrected chi connectivity index (χ1v) is 6.08. The molecule has 1 rings (SSSR count). The highest BCUT2D eigenvalue weighted by atomic mass is 35.5. The topological polar surface area (TPSA) is 0 Å². The standard InChI is InChI=1S/C12H15Cl3/c1-12(2,3)11(15)7-8-4-5-9(13)10(14)6-8/h4-6,11H,7H2,1-3H3. The van der Waals surface area contributed by atoms with Crippen molar-refractivity contribution < 1.29 is 0 Å². The van der Waals surface area contributed by atoms with E-state index in [0.29, 0.717) is 10.0 Å². The van der Waals surface area contributed by atoms with Crippen LogP contribution >= 0.6 is 34.8 Å². The molecule has 0 amide bonds. The Morgan fingerprint density at radius 1 is 1.13 bits per heavy atom. The fraction of sp³-hybridized carbons (Fsp3) is 0.500. The highest BCUT2D eigenvalue weighted by Gasteiger charge is 2.22. The molecule has 0 aliphatic heterocycles. The predicted molar refractivity (Wildman–Crippen MR) is 69.3 cm³/mol. The first kappa shape index (κ1) is 13.2. The van der Waals surface area contributed by atoms with E-state index < -0.39 is 0 Å². The molecule has 1 unspecified atom stereocenters. The Kier molecular flexibility index (Phi) is 4.34. The summed E-state index contributed by atoms with van der Waals surface area (Å²) in [7, 11) is 0. The Hall–Kier alpha value is 0.0900. The highest BCUT2D eigenvalue weighted by molar-refractivity contribution is 6.42. The summed E-state index contributed by atoms with van der Waals surface area (Å²) in [5.41, 5.74) is 1.22. The maximum absolute atomic E-state index is 6.31. The third kappa shape index (κ3) is 3.86. The average Bonchev–Trinajstić information content (AvgIpc) is 2.10. The van der Waals surface area contributed by atoms with Crippen LogP contribution in [-0.2, 0) is 6.42 Å². The van der Waals surface area contributed by atoms with Crippen LogP contribution in [0.25, 0.3) is 0 Å². The van der Waals surface area contributed by atoms with Crippen LogP contribution < -0.4 is 0 Å². The number of rotatable bonds is 2. The zero-order valence-corrected chi connectivity index (χ0v) is 11.4. The molecule has 0 saturated heterocycles. The van der Waals surface area contributed by atoms with Crippen LogP contribution in [-0.4, -0.2) is 5.38 Å². The van der Waals surface area contributed by atoms with Crippen LogP contribution in [0.4, 0.5) is 0 Å². The number of halogens is 3. The first-order valence-electron chi connectivity index (χ1n) is 4.88. The Bertz CT molecular complexity index is 339. The van der Waals surface area contributed by atoms with Crippen LogP contribution in [0.1, 0.15) is 26.3 Å². The van der Waals surface area contributed by atoms with Gasteiger partial charge in [0.2, 0.25) is 0 Å². The first-order chi connectivity index (χ1) is 6.80. The lowest BCUT2D eigenvalue weighted by molar-refractivity contribution is 0.386. The summed E-state index contributed by atoms with van der Waals surface area (Å²) in [6, 6.07) is 5.66. The molecule has 0 saturated carbocycles. The molecular formula is C12H15Cl3. The lowest BCUT2D eigenvalue weighted by atomic mass is 9.88. The maximum Gasteiger partial charge on any atom is 0.0595 e. The lowest BCUT2D eigenvalue weighted by Crippen LogP contribution is -2.22. The zero-order valence-electron chi connectivity index (χ0n) is 9.15. The summed E-state index contributed by atoms with van der Waals surface area (Å²) in [5.74, 6) is 0. The van der Waals surface area contributed by atoms with Crippen LogP contribution in [0.2, 0.25) is 10.0 Å². The van der Waals surface area contributed by atoms with Crippen molar-refractivity contribution in [2.75, 3.05) is 0 Å². The Balaban J connectivity index is 2.78. The smallest absolute Gasteiger partial charge is 0.0595 e. The van der Waals surface area contributed by atoms with Crippen molar-refractivity contribution in [2.45, 2.75) is 32.6 Å². The molecule has 0 aromatic heterocycles. The number of hydrogen-bond donors (Lipinski definition) is 0. The van der Waals surface area contributed by atoms with Crippen molar-refractivity contribution in [1.82, 2.24) is 0 Å². The molecule has 0 heterocycles. The van der Waals surface area contributed by atoms with E-state index in [4.69, 9.17) is 34.8 Å². The van der Waals surface area contributed by atoms with E-state index in [1.807, 2.05) is 18.2 Å². The monoisotopic (exact) mass is 264 g/mol. The van der Waals surface area contributed by atoms with E-state index in [1.165, 1.54) is 0 Å². The second-order valence-electron chi connectivity index (χ2n) is 4.79. The number of hydrogen-bond acceptors (Lipinski definition) is 0. The number of benzene rings is 1. The molecule has 0 aliphatic carbocycles. The minimum atomic E-state index is 0.0909. The summed E-state index contributed by atoms with van der Waals surface area (Å²) < 4.78 is 0. The largest absolute Gasteiger partial charge is 0.122 e. The Morgan fingerprint density at radius 3 is 2.20 bits per heavy atom. The van der Waals surface area contributed by atoms with E-state index in [9.17, 15) is 0 Å². The second kappa shape index (κ2) is 4.95. The zero-order chi connectivity index (χ0) is 11.6. The molecule has 0 N–H and O–H groups in total. The Labute approximate surface area is 107 Å². The maximum atomic E-state index is 6.31. The molecule has 0 aliphatic rings. The molecule has 1 aromatic rings. The van der Waals surface area contributed by atoms with Gasteiger partial charge < -0.3 is 0 Å². The molecule has 0 nitrogen and oxygen atoms in total.